The Labute approximate surface area is 169 Å². The molecular weight excluding hydrogens is 398 g/mol. The Bertz CT molecular complexity index is 1020. The van der Waals surface area contributed by atoms with Crippen molar-refractivity contribution in [3.8, 4) is 10.6 Å². The summed E-state index contributed by atoms with van der Waals surface area (Å²) in [6, 6.07) is 3.91. The van der Waals surface area contributed by atoms with E-state index in [2.05, 4.69) is 20.3 Å². The van der Waals surface area contributed by atoms with Crippen molar-refractivity contribution >= 4 is 43.9 Å². The monoisotopic (exact) mass is 419 g/mol. The first kappa shape index (κ1) is 19.0. The second-order valence-corrected chi connectivity index (χ2v) is 8.43. The summed E-state index contributed by atoms with van der Waals surface area (Å²) in [7, 11) is 1.57. The van der Waals surface area contributed by atoms with Gasteiger partial charge in [0.05, 0.1) is 16.2 Å². The lowest BCUT2D eigenvalue weighted by Crippen LogP contribution is -2.35. The second kappa shape index (κ2) is 8.38. The maximum Gasteiger partial charge on any atom is 0.294 e. The Hall–Kier alpha value is -2.30. The Balaban J connectivity index is 1.74. The molecule has 8 nitrogen and oxygen atoms in total. The molecule has 0 saturated carbocycles. The first-order valence-electron chi connectivity index (χ1n) is 9.13. The van der Waals surface area contributed by atoms with Gasteiger partial charge in [0.25, 0.3) is 5.56 Å². The first-order valence-corrected chi connectivity index (χ1v) is 10.8. The van der Waals surface area contributed by atoms with Crippen molar-refractivity contribution in [2.75, 3.05) is 38.3 Å². The molecule has 4 heterocycles. The summed E-state index contributed by atoms with van der Waals surface area (Å²) in [4.78, 5) is 33.0. The maximum absolute atomic E-state index is 13.0. The quantitative estimate of drug-likeness (QED) is 0.589. The summed E-state index contributed by atoms with van der Waals surface area (Å²) in [6.07, 6.45) is 2.27. The number of methoxy groups -OCH3 is 1. The summed E-state index contributed by atoms with van der Waals surface area (Å²) >= 11 is 3.06. The molecule has 0 atom stereocenters. The Morgan fingerprint density at radius 3 is 2.89 bits per heavy atom. The predicted molar refractivity (Wildman–Crippen MR) is 111 cm³/mol. The van der Waals surface area contributed by atoms with E-state index in [-0.39, 0.29) is 18.0 Å². The lowest BCUT2D eigenvalue weighted by atomic mass is 10.3. The van der Waals surface area contributed by atoms with E-state index < -0.39 is 0 Å². The topological polar surface area (TPSA) is 89.3 Å². The number of thiophene rings is 1. The molecule has 1 aliphatic rings. The fraction of sp³-hybridized carbons (Fsp3) is 0.444. The molecule has 28 heavy (non-hydrogen) atoms. The molecule has 3 aromatic heterocycles. The number of nitrogens with zero attached hydrogens (tertiary/aromatic N) is 4. The van der Waals surface area contributed by atoms with E-state index >= 15 is 0 Å². The minimum absolute atomic E-state index is 0.145. The van der Waals surface area contributed by atoms with Gasteiger partial charge in [0.2, 0.25) is 5.91 Å². The van der Waals surface area contributed by atoms with Gasteiger partial charge in [-0.2, -0.15) is 5.10 Å². The van der Waals surface area contributed by atoms with Gasteiger partial charge in [-0.3, -0.25) is 9.59 Å². The summed E-state index contributed by atoms with van der Waals surface area (Å²) < 4.78 is 6.93. The van der Waals surface area contributed by atoms with Gasteiger partial charge in [-0.15, -0.1) is 11.3 Å². The van der Waals surface area contributed by atoms with Gasteiger partial charge in [-0.05, 0) is 24.3 Å². The van der Waals surface area contributed by atoms with Crippen LogP contribution in [0.5, 0.6) is 0 Å². The van der Waals surface area contributed by atoms with Crippen LogP contribution in [0.25, 0.3) is 20.8 Å². The van der Waals surface area contributed by atoms with Gasteiger partial charge in [0.1, 0.15) is 12.2 Å². The number of carbonyl (C=O) groups excluding carboxylic acids is 1. The molecule has 1 N–H and O–H groups in total. The minimum atomic E-state index is -0.334. The van der Waals surface area contributed by atoms with Crippen LogP contribution in [0, 0.1) is 0 Å². The summed E-state index contributed by atoms with van der Waals surface area (Å²) in [5.41, 5.74) is 0.756. The van der Waals surface area contributed by atoms with E-state index in [1.165, 1.54) is 16.0 Å². The number of ether oxygens (including phenoxy) is 1. The summed E-state index contributed by atoms with van der Waals surface area (Å²) in [5, 5.41) is 10.1. The lowest BCUT2D eigenvalue weighted by Gasteiger charge is -2.11. The van der Waals surface area contributed by atoms with E-state index in [1.807, 2.05) is 17.5 Å². The SMILES string of the molecule is COCCNC(=O)Cn1nc(-c2cccs2)c2sc(N3CCCC3)nc2c1=O. The molecule has 0 radical (unpaired) electrons. The number of rotatable bonds is 7. The predicted octanol–water partition coefficient (Wildman–Crippen LogP) is 1.94. The van der Waals surface area contributed by atoms with Gasteiger partial charge in [-0.1, -0.05) is 17.4 Å². The number of hydrogen-bond acceptors (Lipinski definition) is 8. The molecule has 1 amide bonds. The zero-order chi connectivity index (χ0) is 19.5. The Morgan fingerprint density at radius 1 is 1.36 bits per heavy atom. The van der Waals surface area contributed by atoms with E-state index in [0.717, 1.165) is 40.6 Å². The lowest BCUT2D eigenvalue weighted by molar-refractivity contribution is -0.122. The van der Waals surface area contributed by atoms with E-state index in [0.29, 0.717) is 24.4 Å². The standard InChI is InChI=1S/C18H21N5O3S2/c1-26-9-6-19-13(24)11-23-17(25)15-16(14(21-23)12-5-4-10-27-12)28-18(20-15)22-7-2-3-8-22/h4-5,10H,2-3,6-9,11H2,1H3,(H,19,24). The van der Waals surface area contributed by atoms with Gasteiger partial charge < -0.3 is 15.0 Å². The van der Waals surface area contributed by atoms with Crippen LogP contribution in [0.3, 0.4) is 0 Å². The van der Waals surface area contributed by atoms with Gasteiger partial charge >= 0.3 is 0 Å². The molecule has 1 aliphatic heterocycles. The molecule has 1 saturated heterocycles. The molecule has 3 aromatic rings. The normalized spacial score (nSPS) is 14.1. The fourth-order valence-corrected chi connectivity index (χ4v) is 5.05. The molecule has 0 aromatic carbocycles. The van der Waals surface area contributed by atoms with Crippen molar-refractivity contribution < 1.29 is 9.53 Å². The number of aromatic nitrogens is 3. The van der Waals surface area contributed by atoms with Crippen molar-refractivity contribution in [1.82, 2.24) is 20.1 Å². The summed E-state index contributed by atoms with van der Waals surface area (Å²) in [5.74, 6) is -0.280. The summed E-state index contributed by atoms with van der Waals surface area (Å²) in [6.45, 7) is 2.57. The van der Waals surface area contributed by atoms with Crippen LogP contribution in [0.1, 0.15) is 12.8 Å². The number of amides is 1. The van der Waals surface area contributed by atoms with Crippen LogP contribution in [-0.2, 0) is 16.1 Å². The zero-order valence-corrected chi connectivity index (χ0v) is 17.1. The van der Waals surface area contributed by atoms with E-state index in [4.69, 9.17) is 4.74 Å². The van der Waals surface area contributed by atoms with Gasteiger partial charge in [0, 0.05) is 26.7 Å². The van der Waals surface area contributed by atoms with Crippen molar-refractivity contribution in [3.05, 3.63) is 27.9 Å². The van der Waals surface area contributed by atoms with Crippen molar-refractivity contribution in [2.45, 2.75) is 19.4 Å². The van der Waals surface area contributed by atoms with Crippen LogP contribution >= 0.6 is 22.7 Å². The number of thiazole rings is 1. The number of anilines is 1. The van der Waals surface area contributed by atoms with Crippen LogP contribution in [-0.4, -0.2) is 54.0 Å². The van der Waals surface area contributed by atoms with E-state index in [1.54, 1.807) is 18.4 Å². The van der Waals surface area contributed by atoms with Gasteiger partial charge in [0.15, 0.2) is 10.6 Å². The van der Waals surface area contributed by atoms with Crippen LogP contribution < -0.4 is 15.8 Å². The first-order chi connectivity index (χ1) is 13.7. The largest absolute Gasteiger partial charge is 0.383 e. The van der Waals surface area contributed by atoms with Crippen LogP contribution in [0.2, 0.25) is 0 Å². The smallest absolute Gasteiger partial charge is 0.294 e. The number of carbonyl (C=O) groups is 1. The highest BCUT2D eigenvalue weighted by atomic mass is 32.1. The maximum atomic E-state index is 13.0. The van der Waals surface area contributed by atoms with Crippen LogP contribution in [0.15, 0.2) is 22.3 Å². The van der Waals surface area contributed by atoms with Crippen LogP contribution in [0.4, 0.5) is 5.13 Å². The molecule has 0 unspecified atom stereocenters. The average Bonchev–Trinajstić information content (AvgIpc) is 3.45. The third kappa shape index (κ3) is 3.80. The van der Waals surface area contributed by atoms with Crippen molar-refractivity contribution in [3.63, 3.8) is 0 Å². The highest BCUT2D eigenvalue weighted by Gasteiger charge is 2.22. The average molecular weight is 420 g/mol. The number of nitrogens with one attached hydrogen (secondary N) is 1. The Kier molecular flexibility index (Phi) is 5.69. The third-order valence-electron chi connectivity index (χ3n) is 4.54. The molecule has 4 rings (SSSR count). The Morgan fingerprint density at radius 2 is 2.18 bits per heavy atom. The van der Waals surface area contributed by atoms with Gasteiger partial charge in [-0.25, -0.2) is 9.67 Å². The zero-order valence-electron chi connectivity index (χ0n) is 15.5. The number of fused-ring (bicyclic) bond motifs is 1. The molecule has 148 valence electrons. The third-order valence-corrected chi connectivity index (χ3v) is 6.54. The molecular formula is C18H21N5O3S2. The molecule has 0 bridgehead atoms. The molecule has 0 aliphatic carbocycles. The highest BCUT2D eigenvalue weighted by Crippen LogP contribution is 2.36. The minimum Gasteiger partial charge on any atom is -0.383 e. The fourth-order valence-electron chi connectivity index (χ4n) is 3.16. The van der Waals surface area contributed by atoms with Crippen molar-refractivity contribution in [2.24, 2.45) is 0 Å². The molecule has 0 spiro atoms. The molecule has 1 fully saturated rings. The van der Waals surface area contributed by atoms with E-state index in [9.17, 15) is 9.59 Å². The highest BCUT2D eigenvalue weighted by molar-refractivity contribution is 7.23. The number of hydrogen-bond donors (Lipinski definition) is 1. The van der Waals surface area contributed by atoms with Crippen molar-refractivity contribution in [1.29, 1.82) is 0 Å². The second-order valence-electron chi connectivity index (χ2n) is 6.50. The molecule has 10 heteroatoms.